The molecule has 5 aromatic carbocycles. The number of hydrogen-bond acceptors (Lipinski definition) is 10. The summed E-state index contributed by atoms with van der Waals surface area (Å²) >= 11 is 2.20. The van der Waals surface area contributed by atoms with Crippen LogP contribution in [0.3, 0.4) is 0 Å². The molecule has 6 rings (SSSR count). The first kappa shape index (κ1) is 43.4. The molecule has 1 heterocycles. The van der Waals surface area contributed by atoms with E-state index in [4.69, 9.17) is 14.2 Å². The predicted molar refractivity (Wildman–Crippen MR) is 240 cm³/mol. The molecule has 0 aliphatic rings. The number of amides is 4. The number of hydrogen-bond donors (Lipinski definition) is 4. The molecule has 0 saturated heterocycles. The van der Waals surface area contributed by atoms with Gasteiger partial charge in [0.05, 0.1) is 31.3 Å². The van der Waals surface area contributed by atoms with Crippen molar-refractivity contribution in [1.82, 2.24) is 5.32 Å². The molecule has 310 valence electrons. The molecule has 0 bridgehead atoms. The van der Waals surface area contributed by atoms with Crippen molar-refractivity contribution >= 4 is 75.1 Å². The molecule has 0 aliphatic carbocycles. The van der Waals surface area contributed by atoms with E-state index in [1.54, 1.807) is 111 Å². The van der Waals surface area contributed by atoms with Gasteiger partial charge in [0.1, 0.15) is 27.4 Å². The number of carbonyl (C=O) groups is 5. The maximum absolute atomic E-state index is 14.4. The summed E-state index contributed by atoms with van der Waals surface area (Å²) in [5.74, 6) is -1.72. The van der Waals surface area contributed by atoms with Gasteiger partial charge in [-0.25, -0.2) is 4.79 Å². The molecule has 0 spiro atoms. The number of benzene rings is 5. The second kappa shape index (κ2) is 20.7. The Bertz CT molecular complexity index is 2560. The van der Waals surface area contributed by atoms with Gasteiger partial charge in [0.25, 0.3) is 17.7 Å². The minimum Gasteiger partial charge on any atom is -0.497 e. The van der Waals surface area contributed by atoms with Crippen LogP contribution < -0.4 is 30.7 Å². The molecule has 1 atom stereocenters. The SMILES string of the molecule is CCOC(=O)c1c(NC(=O)C(Sc2cccc(NC(=O)/C(=C\c3ccc(OC)cc3OC)NC(=O)c3ccccc3)c2)c2ccccc2)sc(C(=O)Nc2ccccc2)c1C. The number of para-hydroxylation sites is 1. The zero-order valence-corrected chi connectivity index (χ0v) is 35.3. The Labute approximate surface area is 361 Å². The second-order valence-corrected chi connectivity index (χ2v) is 15.4. The van der Waals surface area contributed by atoms with Crippen LogP contribution >= 0.6 is 23.1 Å². The highest BCUT2D eigenvalue weighted by molar-refractivity contribution is 8.00. The summed E-state index contributed by atoms with van der Waals surface area (Å²) in [6.45, 7) is 3.41. The van der Waals surface area contributed by atoms with E-state index >= 15 is 0 Å². The van der Waals surface area contributed by atoms with Crippen LogP contribution in [-0.2, 0) is 14.3 Å². The van der Waals surface area contributed by atoms with Gasteiger partial charge in [0, 0.05) is 33.5 Å². The number of esters is 1. The van der Waals surface area contributed by atoms with Crippen LogP contribution in [0.15, 0.2) is 144 Å². The first-order chi connectivity index (χ1) is 29.6. The van der Waals surface area contributed by atoms with Crippen LogP contribution in [0.25, 0.3) is 6.08 Å². The van der Waals surface area contributed by atoms with Gasteiger partial charge in [-0.05, 0) is 85.6 Å². The Balaban J connectivity index is 1.28. The van der Waals surface area contributed by atoms with Crippen LogP contribution in [0.1, 0.15) is 59.3 Å². The van der Waals surface area contributed by atoms with Crippen molar-refractivity contribution in [2.45, 2.75) is 24.0 Å². The molecule has 1 unspecified atom stereocenters. The Hall–Kier alpha value is -7.16. The minimum absolute atomic E-state index is 0.0580. The Morgan fingerprint density at radius 2 is 1.39 bits per heavy atom. The highest BCUT2D eigenvalue weighted by Crippen LogP contribution is 2.40. The fraction of sp³-hybridized carbons (Fsp3) is 0.128. The lowest BCUT2D eigenvalue weighted by atomic mass is 10.1. The molecule has 61 heavy (non-hydrogen) atoms. The summed E-state index contributed by atoms with van der Waals surface area (Å²) in [6.07, 6.45) is 1.51. The molecule has 0 fully saturated rings. The molecular weight excluding hydrogens is 813 g/mol. The lowest BCUT2D eigenvalue weighted by molar-refractivity contribution is -0.116. The zero-order valence-electron chi connectivity index (χ0n) is 33.6. The third-order valence-electron chi connectivity index (χ3n) is 9.06. The van der Waals surface area contributed by atoms with E-state index < -0.39 is 34.8 Å². The third kappa shape index (κ3) is 11.1. The van der Waals surface area contributed by atoms with E-state index in [2.05, 4.69) is 21.3 Å². The van der Waals surface area contributed by atoms with Gasteiger partial charge < -0.3 is 35.5 Å². The fourth-order valence-corrected chi connectivity index (χ4v) is 8.25. The van der Waals surface area contributed by atoms with Gasteiger partial charge in [-0.1, -0.05) is 72.8 Å². The van der Waals surface area contributed by atoms with Crippen LogP contribution in [0.2, 0.25) is 0 Å². The van der Waals surface area contributed by atoms with Crippen molar-refractivity contribution in [2.24, 2.45) is 0 Å². The molecule has 4 amide bonds. The lowest BCUT2D eigenvalue weighted by Gasteiger charge is -2.18. The molecule has 6 aromatic rings. The predicted octanol–water partition coefficient (Wildman–Crippen LogP) is 9.38. The van der Waals surface area contributed by atoms with Crippen LogP contribution in [0.4, 0.5) is 16.4 Å². The summed E-state index contributed by atoms with van der Waals surface area (Å²) < 4.78 is 16.2. The van der Waals surface area contributed by atoms with Crippen molar-refractivity contribution in [3.8, 4) is 11.5 Å². The number of nitrogens with one attached hydrogen (secondary N) is 4. The first-order valence-electron chi connectivity index (χ1n) is 19.0. The normalized spacial score (nSPS) is 11.4. The number of anilines is 3. The summed E-state index contributed by atoms with van der Waals surface area (Å²) in [5, 5.41) is 10.7. The molecule has 14 heteroatoms. The van der Waals surface area contributed by atoms with E-state index in [0.717, 1.165) is 11.3 Å². The van der Waals surface area contributed by atoms with Gasteiger partial charge in [-0.15, -0.1) is 23.1 Å². The largest absolute Gasteiger partial charge is 0.497 e. The quantitative estimate of drug-likeness (QED) is 0.0423. The minimum atomic E-state index is -0.852. The lowest BCUT2D eigenvalue weighted by Crippen LogP contribution is -2.30. The van der Waals surface area contributed by atoms with Gasteiger partial charge in [-0.3, -0.25) is 19.2 Å². The molecular formula is C47H42N4O8S2. The fourth-order valence-electron chi connectivity index (χ4n) is 6.07. The van der Waals surface area contributed by atoms with Gasteiger partial charge in [0.2, 0.25) is 5.91 Å². The summed E-state index contributed by atoms with van der Waals surface area (Å²) in [7, 11) is 3.02. The smallest absolute Gasteiger partial charge is 0.341 e. The van der Waals surface area contributed by atoms with Crippen LogP contribution in [-0.4, -0.2) is 50.4 Å². The average Bonchev–Trinajstić information content (AvgIpc) is 3.61. The molecule has 0 saturated carbocycles. The average molecular weight is 855 g/mol. The molecule has 1 aromatic heterocycles. The van der Waals surface area contributed by atoms with Crippen molar-refractivity contribution in [3.63, 3.8) is 0 Å². The monoisotopic (exact) mass is 854 g/mol. The van der Waals surface area contributed by atoms with Crippen LogP contribution in [0.5, 0.6) is 11.5 Å². The molecule has 0 radical (unpaired) electrons. The summed E-state index contributed by atoms with van der Waals surface area (Å²) in [4.78, 5) is 69.2. The summed E-state index contributed by atoms with van der Waals surface area (Å²) in [5.41, 5.74) is 2.89. The van der Waals surface area contributed by atoms with Crippen molar-refractivity contribution in [3.05, 3.63) is 172 Å². The number of thioether (sulfide) groups is 1. The van der Waals surface area contributed by atoms with E-state index in [9.17, 15) is 24.0 Å². The summed E-state index contributed by atoms with van der Waals surface area (Å²) in [6, 6.07) is 38.5. The number of rotatable bonds is 16. The topological polar surface area (TPSA) is 161 Å². The number of thiophene rings is 1. The molecule has 4 N–H and O–H groups in total. The van der Waals surface area contributed by atoms with E-state index in [0.29, 0.717) is 50.0 Å². The Morgan fingerprint density at radius 1 is 0.721 bits per heavy atom. The zero-order chi connectivity index (χ0) is 43.3. The maximum atomic E-state index is 14.4. The second-order valence-electron chi connectivity index (χ2n) is 13.2. The van der Waals surface area contributed by atoms with Gasteiger partial charge >= 0.3 is 5.97 Å². The van der Waals surface area contributed by atoms with Crippen molar-refractivity contribution in [1.29, 1.82) is 0 Å². The Kier molecular flexibility index (Phi) is 14.7. The standard InChI is InChI=1S/C47H42N4O8S2/c1-5-59-47(56)39-29(2)40(44(54)48-33-20-13-8-14-21-33)61-46(39)51-45(55)41(30-16-9-6-10-17-30)60-36-23-15-22-34(27-36)49-43(53)37(50-42(52)31-18-11-7-12-19-31)26-32-24-25-35(57-3)28-38(32)58-4/h6-28,41H,5H2,1-4H3,(H,48,54)(H,49,53)(H,50,52)(H,51,55)/b37-26+. The first-order valence-corrected chi connectivity index (χ1v) is 20.7. The van der Waals surface area contributed by atoms with Gasteiger partial charge in [0.15, 0.2) is 0 Å². The van der Waals surface area contributed by atoms with Crippen molar-refractivity contribution < 1.29 is 38.2 Å². The van der Waals surface area contributed by atoms with E-state index in [1.165, 1.54) is 32.1 Å². The maximum Gasteiger partial charge on any atom is 0.341 e. The molecule has 0 aliphatic heterocycles. The molecule has 12 nitrogen and oxygen atoms in total. The highest BCUT2D eigenvalue weighted by atomic mass is 32.2. The number of carbonyl (C=O) groups excluding carboxylic acids is 5. The number of methoxy groups -OCH3 is 2. The van der Waals surface area contributed by atoms with E-state index in [-0.39, 0.29) is 27.7 Å². The van der Waals surface area contributed by atoms with E-state index in [1.807, 2.05) is 36.4 Å². The van der Waals surface area contributed by atoms with Gasteiger partial charge in [-0.2, -0.15) is 0 Å². The highest BCUT2D eigenvalue weighted by Gasteiger charge is 2.30. The van der Waals surface area contributed by atoms with Crippen molar-refractivity contribution in [2.75, 3.05) is 36.8 Å². The Morgan fingerprint density at radius 3 is 2.07 bits per heavy atom. The number of ether oxygens (including phenoxy) is 3. The third-order valence-corrected chi connectivity index (χ3v) is 11.5. The van der Waals surface area contributed by atoms with Crippen LogP contribution in [0, 0.1) is 6.92 Å².